The first-order chi connectivity index (χ1) is 9.07. The van der Waals surface area contributed by atoms with Crippen molar-refractivity contribution in [1.29, 1.82) is 0 Å². The molecule has 1 N–H and O–H groups in total. The lowest BCUT2D eigenvalue weighted by Gasteiger charge is -2.33. The highest BCUT2D eigenvalue weighted by atomic mass is 32.2. The summed E-state index contributed by atoms with van der Waals surface area (Å²) in [6, 6.07) is 8.77. The van der Waals surface area contributed by atoms with E-state index in [2.05, 4.69) is 29.6 Å². The van der Waals surface area contributed by atoms with Crippen molar-refractivity contribution < 1.29 is 8.42 Å². The number of hydrogen-bond acceptors (Lipinski definition) is 3. The maximum atomic E-state index is 11.7. The molecule has 3 nitrogen and oxygen atoms in total. The van der Waals surface area contributed by atoms with E-state index in [0.29, 0.717) is 11.7 Å². The number of sulfone groups is 1. The van der Waals surface area contributed by atoms with Gasteiger partial charge in [-0.1, -0.05) is 31.2 Å². The average molecular weight is 281 g/mol. The average Bonchev–Trinajstić information content (AvgIpc) is 2.44. The number of aryl methyl sites for hydroxylation is 1. The summed E-state index contributed by atoms with van der Waals surface area (Å²) in [6.45, 7) is 1.72. The third kappa shape index (κ3) is 3.37. The molecule has 1 aromatic carbocycles. The fourth-order valence-corrected chi connectivity index (χ4v) is 3.95. The molecule has 0 bridgehead atoms. The Labute approximate surface area is 116 Å². The van der Waals surface area contributed by atoms with Crippen LogP contribution >= 0.6 is 0 Å². The van der Waals surface area contributed by atoms with E-state index in [1.165, 1.54) is 11.1 Å². The Balaban J connectivity index is 2.12. The highest BCUT2D eigenvalue weighted by molar-refractivity contribution is 7.91. The van der Waals surface area contributed by atoms with Gasteiger partial charge in [0, 0.05) is 11.8 Å². The van der Waals surface area contributed by atoms with Gasteiger partial charge in [-0.2, -0.15) is 0 Å². The van der Waals surface area contributed by atoms with Gasteiger partial charge in [0.05, 0.1) is 5.75 Å². The minimum Gasteiger partial charge on any atom is -0.313 e. The minimum absolute atomic E-state index is 0.251. The van der Waals surface area contributed by atoms with Crippen molar-refractivity contribution in [2.24, 2.45) is 5.92 Å². The van der Waals surface area contributed by atoms with Crippen LogP contribution in [0.2, 0.25) is 0 Å². The highest BCUT2D eigenvalue weighted by Gasteiger charge is 2.28. The molecule has 0 spiro atoms. The van der Waals surface area contributed by atoms with Crippen LogP contribution in [0, 0.1) is 5.92 Å². The summed E-state index contributed by atoms with van der Waals surface area (Å²) in [7, 11) is -0.889. The Kier molecular flexibility index (Phi) is 4.63. The Morgan fingerprint density at radius 3 is 2.74 bits per heavy atom. The predicted octanol–water partition coefficient (Wildman–Crippen LogP) is 2.33. The summed E-state index contributed by atoms with van der Waals surface area (Å²) in [5, 5.41) is 3.37. The topological polar surface area (TPSA) is 46.2 Å². The summed E-state index contributed by atoms with van der Waals surface area (Å²) in [5.41, 5.74) is 2.74. The van der Waals surface area contributed by atoms with Crippen LogP contribution in [0.5, 0.6) is 0 Å². The lowest BCUT2D eigenvalue weighted by molar-refractivity contribution is 0.328. The normalized spacial score (nSPS) is 23.1. The van der Waals surface area contributed by atoms with Gasteiger partial charge in [-0.25, -0.2) is 8.42 Å². The second kappa shape index (κ2) is 6.06. The van der Waals surface area contributed by atoms with Crippen molar-refractivity contribution in [3.8, 4) is 0 Å². The maximum Gasteiger partial charge on any atom is 0.150 e. The predicted molar refractivity (Wildman–Crippen MR) is 79.0 cm³/mol. The summed E-state index contributed by atoms with van der Waals surface area (Å²) in [5.74, 6) is 0.982. The smallest absolute Gasteiger partial charge is 0.150 e. The third-order valence-corrected chi connectivity index (χ3v) is 5.93. The molecule has 2 rings (SSSR count). The van der Waals surface area contributed by atoms with Crippen LogP contribution in [0.25, 0.3) is 0 Å². The van der Waals surface area contributed by atoms with Gasteiger partial charge in [-0.3, -0.25) is 0 Å². The summed E-state index contributed by atoms with van der Waals surface area (Å²) in [6.07, 6.45) is 2.89. The van der Waals surface area contributed by atoms with Crippen molar-refractivity contribution >= 4 is 9.84 Å². The molecule has 1 aliphatic carbocycles. The third-order valence-electron chi connectivity index (χ3n) is 4.20. The fraction of sp³-hybridized carbons (Fsp3) is 0.600. The molecule has 19 heavy (non-hydrogen) atoms. The quantitative estimate of drug-likeness (QED) is 0.901. The molecule has 0 heterocycles. The van der Waals surface area contributed by atoms with E-state index < -0.39 is 9.84 Å². The Morgan fingerprint density at radius 1 is 1.32 bits per heavy atom. The molecule has 0 radical (unpaired) electrons. The zero-order chi connectivity index (χ0) is 13.9. The number of hydrogen-bond donors (Lipinski definition) is 1. The first-order valence-electron chi connectivity index (χ1n) is 7.03. The zero-order valence-corrected chi connectivity index (χ0v) is 12.5. The van der Waals surface area contributed by atoms with Gasteiger partial charge in [-0.15, -0.1) is 0 Å². The molecule has 4 heteroatoms. The van der Waals surface area contributed by atoms with Crippen molar-refractivity contribution in [3.63, 3.8) is 0 Å². The van der Waals surface area contributed by atoms with E-state index in [0.717, 1.165) is 19.3 Å². The lowest BCUT2D eigenvalue weighted by Crippen LogP contribution is -2.31. The molecule has 0 fully saturated rings. The summed E-state index contributed by atoms with van der Waals surface area (Å²) in [4.78, 5) is 0. The Morgan fingerprint density at radius 2 is 2.05 bits per heavy atom. The molecule has 1 aromatic rings. The van der Waals surface area contributed by atoms with Crippen LogP contribution in [0.1, 0.15) is 36.9 Å². The van der Waals surface area contributed by atoms with Crippen molar-refractivity contribution in [1.82, 2.24) is 5.32 Å². The molecule has 106 valence electrons. The van der Waals surface area contributed by atoms with E-state index in [9.17, 15) is 8.42 Å². The summed E-state index contributed by atoms with van der Waals surface area (Å²) >= 11 is 0. The van der Waals surface area contributed by atoms with Gasteiger partial charge in [-0.05, 0) is 43.4 Å². The molecule has 2 atom stereocenters. The monoisotopic (exact) mass is 281 g/mol. The van der Waals surface area contributed by atoms with Crippen LogP contribution in [0.15, 0.2) is 24.3 Å². The van der Waals surface area contributed by atoms with Crippen LogP contribution in [-0.4, -0.2) is 27.0 Å². The van der Waals surface area contributed by atoms with Gasteiger partial charge < -0.3 is 5.32 Å². The van der Waals surface area contributed by atoms with E-state index >= 15 is 0 Å². The highest BCUT2D eigenvalue weighted by Crippen LogP contribution is 2.36. The van der Waals surface area contributed by atoms with E-state index in [1.807, 2.05) is 7.05 Å². The Hall–Kier alpha value is -0.870. The standard InChI is InChI=1S/C15H23NO2S/c1-3-19(17,18)11-10-13-9-8-12-6-4-5-7-14(12)15(13)16-2/h4-7,13,15-16H,3,8-11H2,1-2H3. The van der Waals surface area contributed by atoms with Crippen molar-refractivity contribution in [2.45, 2.75) is 32.2 Å². The SMILES string of the molecule is CCS(=O)(=O)CCC1CCc2ccccc2C1NC. The Bertz CT molecular complexity index is 525. The van der Waals surface area contributed by atoms with E-state index in [4.69, 9.17) is 0 Å². The second-order valence-corrected chi connectivity index (χ2v) is 7.76. The van der Waals surface area contributed by atoms with Gasteiger partial charge in [0.2, 0.25) is 0 Å². The van der Waals surface area contributed by atoms with Gasteiger partial charge in [0.25, 0.3) is 0 Å². The summed E-state index contributed by atoms with van der Waals surface area (Å²) < 4.78 is 23.3. The molecule has 0 amide bonds. The van der Waals surface area contributed by atoms with Crippen molar-refractivity contribution in [2.75, 3.05) is 18.6 Å². The maximum absolute atomic E-state index is 11.7. The molecule has 0 saturated carbocycles. The van der Waals surface area contributed by atoms with Gasteiger partial charge >= 0.3 is 0 Å². The van der Waals surface area contributed by atoms with Crippen LogP contribution < -0.4 is 5.32 Å². The molecule has 2 unspecified atom stereocenters. The van der Waals surface area contributed by atoms with Gasteiger partial charge in [0.1, 0.15) is 9.84 Å². The number of nitrogens with one attached hydrogen (secondary N) is 1. The molecular formula is C15H23NO2S. The van der Waals surface area contributed by atoms with Crippen molar-refractivity contribution in [3.05, 3.63) is 35.4 Å². The first kappa shape index (κ1) is 14.5. The van der Waals surface area contributed by atoms with E-state index in [-0.39, 0.29) is 11.8 Å². The molecule has 1 aliphatic rings. The molecule has 0 aromatic heterocycles. The van der Waals surface area contributed by atoms with E-state index in [1.54, 1.807) is 6.92 Å². The molecule has 0 aliphatic heterocycles. The zero-order valence-electron chi connectivity index (χ0n) is 11.7. The largest absolute Gasteiger partial charge is 0.313 e. The first-order valence-corrected chi connectivity index (χ1v) is 8.85. The van der Waals surface area contributed by atoms with Crippen LogP contribution in [0.4, 0.5) is 0 Å². The van der Waals surface area contributed by atoms with Gasteiger partial charge in [0.15, 0.2) is 0 Å². The minimum atomic E-state index is -2.86. The second-order valence-electron chi connectivity index (χ2n) is 5.29. The fourth-order valence-electron chi connectivity index (χ4n) is 3.00. The lowest BCUT2D eigenvalue weighted by atomic mass is 9.78. The number of rotatable bonds is 5. The molecule has 0 saturated heterocycles. The number of benzene rings is 1. The van der Waals surface area contributed by atoms with Crippen LogP contribution in [-0.2, 0) is 16.3 Å². The number of fused-ring (bicyclic) bond motifs is 1. The van der Waals surface area contributed by atoms with Crippen LogP contribution in [0.3, 0.4) is 0 Å². The molecular weight excluding hydrogens is 258 g/mol.